The molecule has 5 nitrogen and oxygen atoms in total. The van der Waals surface area contributed by atoms with Gasteiger partial charge in [-0.3, -0.25) is 4.79 Å². The van der Waals surface area contributed by atoms with E-state index in [1.165, 1.54) is 0 Å². The zero-order chi connectivity index (χ0) is 17.4. The number of carbonyl (C=O) groups excluding carboxylic acids is 1. The molecule has 3 rings (SSSR count). The number of hydrogen-bond donors (Lipinski definition) is 0. The maximum atomic E-state index is 13.0. The van der Waals surface area contributed by atoms with Crippen molar-refractivity contribution in [1.82, 2.24) is 9.21 Å². The average molecular weight is 350 g/mol. The molecule has 2 aliphatic rings. The zero-order valence-electron chi connectivity index (χ0n) is 14.5. The van der Waals surface area contributed by atoms with Crippen molar-refractivity contribution in [3.05, 3.63) is 29.8 Å². The van der Waals surface area contributed by atoms with E-state index in [0.717, 1.165) is 37.9 Å². The van der Waals surface area contributed by atoms with E-state index in [4.69, 9.17) is 0 Å². The summed E-state index contributed by atoms with van der Waals surface area (Å²) in [6.07, 6.45) is 3.03. The first-order valence-electron chi connectivity index (χ1n) is 8.76. The van der Waals surface area contributed by atoms with Crippen LogP contribution in [-0.2, 0) is 14.8 Å². The van der Waals surface area contributed by atoms with Crippen LogP contribution in [0.4, 0.5) is 0 Å². The highest BCUT2D eigenvalue weighted by atomic mass is 32.2. The number of hydrogen-bond acceptors (Lipinski definition) is 3. The summed E-state index contributed by atoms with van der Waals surface area (Å²) >= 11 is 0. The van der Waals surface area contributed by atoms with Gasteiger partial charge < -0.3 is 4.90 Å². The summed E-state index contributed by atoms with van der Waals surface area (Å²) < 4.78 is 27.6. The van der Waals surface area contributed by atoms with Crippen molar-refractivity contribution in [1.29, 1.82) is 0 Å². The van der Waals surface area contributed by atoms with E-state index in [9.17, 15) is 13.2 Å². The van der Waals surface area contributed by atoms with Crippen LogP contribution in [0.2, 0.25) is 0 Å². The van der Waals surface area contributed by atoms with Crippen LogP contribution in [0.25, 0.3) is 0 Å². The Bertz CT molecular complexity index is 732. The Morgan fingerprint density at radius 1 is 1.08 bits per heavy atom. The predicted octanol–water partition coefficient (Wildman–Crippen LogP) is 2.41. The molecule has 0 N–H and O–H groups in total. The molecular weight excluding hydrogens is 324 g/mol. The van der Waals surface area contributed by atoms with Crippen molar-refractivity contribution in [2.24, 2.45) is 5.41 Å². The number of nitrogens with zero attached hydrogens (tertiary/aromatic N) is 2. The molecule has 0 saturated carbocycles. The normalized spacial score (nSPS) is 26.1. The second kappa shape index (κ2) is 6.48. The summed E-state index contributed by atoms with van der Waals surface area (Å²) in [6, 6.07) is 7.11. The lowest BCUT2D eigenvalue weighted by atomic mass is 9.79. The number of benzene rings is 1. The fraction of sp³-hybridized carbons (Fsp3) is 0.611. The fourth-order valence-electron chi connectivity index (χ4n) is 4.05. The van der Waals surface area contributed by atoms with Crippen LogP contribution in [0.3, 0.4) is 0 Å². The van der Waals surface area contributed by atoms with Crippen molar-refractivity contribution in [2.75, 3.05) is 26.2 Å². The van der Waals surface area contributed by atoms with Gasteiger partial charge in [0.15, 0.2) is 0 Å². The van der Waals surface area contributed by atoms with Crippen LogP contribution in [0, 0.1) is 12.3 Å². The molecule has 2 saturated heterocycles. The van der Waals surface area contributed by atoms with Crippen molar-refractivity contribution in [3.63, 3.8) is 0 Å². The first-order chi connectivity index (χ1) is 11.4. The van der Waals surface area contributed by atoms with E-state index in [1.54, 1.807) is 16.4 Å². The molecule has 2 heterocycles. The minimum atomic E-state index is -3.49. The maximum Gasteiger partial charge on any atom is 0.243 e. The van der Waals surface area contributed by atoms with Crippen LogP contribution in [0.5, 0.6) is 0 Å². The van der Waals surface area contributed by atoms with Gasteiger partial charge in [0.05, 0.1) is 10.3 Å². The standard InChI is InChI=1S/C18H26N2O3S/c1-3-19-13-10-18(17(19)21)9-6-12-20(14-11-18)24(22,23)16-8-5-4-7-15(16)2/h4-5,7-8H,3,6,9-14H2,1-2H3/t18-/m1/s1. The summed E-state index contributed by atoms with van der Waals surface area (Å²) in [6.45, 7) is 6.30. The SMILES string of the molecule is CCN1CC[C@@]2(CCCN(S(=O)(=O)c3ccccc3C)CC2)C1=O. The van der Waals surface area contributed by atoms with Gasteiger partial charge in [0, 0.05) is 26.2 Å². The van der Waals surface area contributed by atoms with E-state index >= 15 is 0 Å². The van der Waals surface area contributed by atoms with Crippen molar-refractivity contribution < 1.29 is 13.2 Å². The summed E-state index contributed by atoms with van der Waals surface area (Å²) in [5.74, 6) is 0.222. The number of sulfonamides is 1. The van der Waals surface area contributed by atoms with Gasteiger partial charge in [0.2, 0.25) is 15.9 Å². The highest BCUT2D eigenvalue weighted by Gasteiger charge is 2.47. The number of amides is 1. The molecule has 2 fully saturated rings. The van der Waals surface area contributed by atoms with Gasteiger partial charge >= 0.3 is 0 Å². The molecule has 0 aliphatic carbocycles. The van der Waals surface area contributed by atoms with Gasteiger partial charge in [0.1, 0.15) is 0 Å². The Hall–Kier alpha value is -1.40. The van der Waals surface area contributed by atoms with Gasteiger partial charge in [-0.25, -0.2) is 8.42 Å². The first kappa shape index (κ1) is 17.4. The quantitative estimate of drug-likeness (QED) is 0.841. The predicted molar refractivity (Wildman–Crippen MR) is 93.1 cm³/mol. The molecule has 2 aliphatic heterocycles. The van der Waals surface area contributed by atoms with Crippen LogP contribution in [0.1, 0.15) is 38.2 Å². The molecule has 132 valence electrons. The van der Waals surface area contributed by atoms with E-state index < -0.39 is 10.0 Å². The lowest BCUT2D eigenvalue weighted by Gasteiger charge is -2.26. The fourth-order valence-corrected chi connectivity index (χ4v) is 5.76. The smallest absolute Gasteiger partial charge is 0.243 e. The molecular formula is C18H26N2O3S. The molecule has 1 spiro atoms. The lowest BCUT2D eigenvalue weighted by molar-refractivity contribution is -0.136. The average Bonchev–Trinajstić information content (AvgIpc) is 2.74. The van der Waals surface area contributed by atoms with Gasteiger partial charge in [0.25, 0.3) is 0 Å². The topological polar surface area (TPSA) is 57.7 Å². The number of likely N-dealkylation sites (tertiary alicyclic amines) is 1. The molecule has 0 unspecified atom stereocenters. The Labute approximate surface area is 144 Å². The van der Waals surface area contributed by atoms with Gasteiger partial charge in [-0.05, 0) is 51.2 Å². The van der Waals surface area contributed by atoms with Gasteiger partial charge in [-0.2, -0.15) is 4.31 Å². The Morgan fingerprint density at radius 3 is 2.46 bits per heavy atom. The second-order valence-electron chi connectivity index (χ2n) is 6.94. The van der Waals surface area contributed by atoms with Crippen LogP contribution in [0.15, 0.2) is 29.2 Å². The number of rotatable bonds is 3. The molecule has 1 atom stereocenters. The Balaban J connectivity index is 1.82. The van der Waals surface area contributed by atoms with Crippen LogP contribution in [-0.4, -0.2) is 49.7 Å². The Kier molecular flexibility index (Phi) is 4.71. The molecule has 0 radical (unpaired) electrons. The minimum absolute atomic E-state index is 0.222. The largest absolute Gasteiger partial charge is 0.342 e. The van der Waals surface area contributed by atoms with E-state index in [0.29, 0.717) is 24.4 Å². The first-order valence-corrected chi connectivity index (χ1v) is 10.2. The zero-order valence-corrected chi connectivity index (χ0v) is 15.3. The number of aryl methyl sites for hydroxylation is 1. The summed E-state index contributed by atoms with van der Waals surface area (Å²) in [5.41, 5.74) is 0.428. The highest BCUT2D eigenvalue weighted by Crippen LogP contribution is 2.42. The van der Waals surface area contributed by atoms with Crippen molar-refractivity contribution >= 4 is 15.9 Å². The minimum Gasteiger partial charge on any atom is -0.342 e. The van der Waals surface area contributed by atoms with Crippen molar-refractivity contribution in [2.45, 2.75) is 44.4 Å². The third-order valence-corrected chi connectivity index (χ3v) is 7.66. The third kappa shape index (κ3) is 2.86. The van der Waals surface area contributed by atoms with Gasteiger partial charge in [-0.15, -0.1) is 0 Å². The van der Waals surface area contributed by atoms with Crippen LogP contribution >= 0.6 is 0 Å². The summed E-state index contributed by atoms with van der Waals surface area (Å²) in [7, 11) is -3.49. The molecule has 6 heteroatoms. The van der Waals surface area contributed by atoms with E-state index in [1.807, 2.05) is 30.9 Å². The second-order valence-corrected chi connectivity index (χ2v) is 8.84. The molecule has 1 aromatic rings. The van der Waals surface area contributed by atoms with Crippen LogP contribution < -0.4 is 0 Å². The summed E-state index contributed by atoms with van der Waals surface area (Å²) in [5, 5.41) is 0. The van der Waals surface area contributed by atoms with Crippen molar-refractivity contribution in [3.8, 4) is 0 Å². The monoisotopic (exact) mass is 350 g/mol. The highest BCUT2D eigenvalue weighted by molar-refractivity contribution is 7.89. The molecule has 1 amide bonds. The van der Waals surface area contributed by atoms with Gasteiger partial charge in [-0.1, -0.05) is 18.2 Å². The number of carbonyl (C=O) groups is 1. The molecule has 0 bridgehead atoms. The maximum absolute atomic E-state index is 13.0. The molecule has 24 heavy (non-hydrogen) atoms. The molecule has 0 aromatic heterocycles. The summed E-state index contributed by atoms with van der Waals surface area (Å²) in [4.78, 5) is 15.0. The molecule has 1 aromatic carbocycles. The Morgan fingerprint density at radius 2 is 1.79 bits per heavy atom. The van der Waals surface area contributed by atoms with E-state index in [2.05, 4.69) is 0 Å². The van der Waals surface area contributed by atoms with E-state index in [-0.39, 0.29) is 11.3 Å². The third-order valence-electron chi connectivity index (χ3n) is 5.60. The lowest BCUT2D eigenvalue weighted by Crippen LogP contribution is -2.36.